The number of rotatable bonds is 8. The largest absolute Gasteiger partial charge is 0.465 e. The van der Waals surface area contributed by atoms with Gasteiger partial charge in [-0.05, 0) is 38.8 Å². The minimum atomic E-state index is -0.993. The molecule has 0 spiro atoms. The molecule has 1 atom stereocenters. The number of ether oxygens (including phenoxy) is 3. The summed E-state index contributed by atoms with van der Waals surface area (Å²) in [5.41, 5.74) is 1.34. The van der Waals surface area contributed by atoms with Crippen molar-refractivity contribution in [3.05, 3.63) is 29.7 Å². The Morgan fingerprint density at radius 2 is 2.07 bits per heavy atom. The van der Waals surface area contributed by atoms with Gasteiger partial charge in [0.05, 0.1) is 22.9 Å². The van der Waals surface area contributed by atoms with Gasteiger partial charge in [0.2, 0.25) is 11.8 Å². The molecule has 1 saturated heterocycles. The van der Waals surface area contributed by atoms with Crippen LogP contribution in [0.5, 0.6) is 17.5 Å². The number of piperidine rings is 1. The molecule has 0 radical (unpaired) electrons. The highest BCUT2D eigenvalue weighted by molar-refractivity contribution is 7.99. The van der Waals surface area contributed by atoms with Crippen LogP contribution < -0.4 is 9.47 Å². The fourth-order valence-corrected chi connectivity index (χ4v) is 3.88. The summed E-state index contributed by atoms with van der Waals surface area (Å²) in [6.45, 7) is 4.77. The molecule has 2 aromatic heterocycles. The van der Waals surface area contributed by atoms with Crippen LogP contribution in [0.25, 0.3) is 0 Å². The lowest BCUT2D eigenvalue weighted by Gasteiger charge is -2.33. The zero-order valence-corrected chi connectivity index (χ0v) is 18.1. The predicted molar refractivity (Wildman–Crippen MR) is 111 cm³/mol. The van der Waals surface area contributed by atoms with Crippen LogP contribution in [-0.4, -0.2) is 63.3 Å². The molecule has 30 heavy (non-hydrogen) atoms. The summed E-state index contributed by atoms with van der Waals surface area (Å²) in [7, 11) is 1.67. The zero-order chi connectivity index (χ0) is 21.5. The van der Waals surface area contributed by atoms with Crippen molar-refractivity contribution in [2.75, 3.05) is 26.0 Å². The number of carboxylic acid groups (broad SMARTS) is 1. The van der Waals surface area contributed by atoms with E-state index in [1.807, 2.05) is 19.1 Å². The van der Waals surface area contributed by atoms with Crippen molar-refractivity contribution in [1.29, 1.82) is 0 Å². The van der Waals surface area contributed by atoms with Gasteiger partial charge in [-0.25, -0.2) is 19.7 Å². The Hall–Kier alpha value is -2.59. The second kappa shape index (κ2) is 10.4. The normalized spacial score (nSPS) is 16.4. The first-order chi connectivity index (χ1) is 14.5. The first-order valence-corrected chi connectivity index (χ1v) is 10.7. The van der Waals surface area contributed by atoms with E-state index in [4.69, 9.17) is 14.2 Å². The average Bonchev–Trinajstić information content (AvgIpc) is 2.73. The van der Waals surface area contributed by atoms with E-state index in [1.54, 1.807) is 25.8 Å². The third-order valence-corrected chi connectivity index (χ3v) is 5.58. The topological polar surface area (TPSA) is 107 Å². The third kappa shape index (κ3) is 5.51. The Bertz CT molecular complexity index is 882. The van der Waals surface area contributed by atoms with E-state index >= 15 is 0 Å². The van der Waals surface area contributed by atoms with Crippen molar-refractivity contribution in [2.45, 2.75) is 44.4 Å². The lowest BCUT2D eigenvalue weighted by atomic mass is 10.1. The lowest BCUT2D eigenvalue weighted by molar-refractivity contribution is 0.00273. The van der Waals surface area contributed by atoms with E-state index in [9.17, 15) is 9.90 Å². The first kappa shape index (κ1) is 22.1. The number of pyridine rings is 1. The van der Waals surface area contributed by atoms with E-state index < -0.39 is 12.3 Å². The summed E-state index contributed by atoms with van der Waals surface area (Å²) in [6, 6.07) is 3.75. The second-order valence-electron chi connectivity index (χ2n) is 6.83. The number of hydrogen-bond donors (Lipinski definition) is 1. The van der Waals surface area contributed by atoms with Crippen molar-refractivity contribution in [2.24, 2.45) is 0 Å². The minimum Gasteiger partial charge on any atom is -0.465 e. The molecule has 2 aromatic rings. The van der Waals surface area contributed by atoms with Gasteiger partial charge in [0, 0.05) is 25.8 Å². The Morgan fingerprint density at radius 1 is 1.27 bits per heavy atom. The lowest BCUT2D eigenvalue weighted by Crippen LogP contribution is -2.46. The third-order valence-electron chi connectivity index (χ3n) is 4.69. The summed E-state index contributed by atoms with van der Waals surface area (Å²) in [5.74, 6) is 2.07. The van der Waals surface area contributed by atoms with Crippen molar-refractivity contribution >= 4 is 17.9 Å². The molecule has 1 aliphatic rings. The number of nitrogens with zero attached hydrogens (tertiary/aromatic N) is 4. The maximum Gasteiger partial charge on any atom is 0.410 e. The molecule has 0 aromatic carbocycles. The predicted octanol–water partition coefficient (Wildman–Crippen LogP) is 3.89. The molecule has 1 N–H and O–H groups in total. The van der Waals surface area contributed by atoms with Crippen LogP contribution in [0.2, 0.25) is 0 Å². The molecular formula is C20H26N4O5S. The van der Waals surface area contributed by atoms with Crippen molar-refractivity contribution in [3.63, 3.8) is 0 Å². The molecule has 1 fully saturated rings. The number of aromatic nitrogens is 3. The monoisotopic (exact) mass is 434 g/mol. The van der Waals surface area contributed by atoms with Gasteiger partial charge >= 0.3 is 6.09 Å². The van der Waals surface area contributed by atoms with E-state index in [2.05, 4.69) is 15.0 Å². The maximum absolute atomic E-state index is 11.5. The number of amides is 1. The summed E-state index contributed by atoms with van der Waals surface area (Å²) >= 11 is 1.61. The summed E-state index contributed by atoms with van der Waals surface area (Å²) in [5, 5.41) is 10.3. The molecule has 3 rings (SSSR count). The van der Waals surface area contributed by atoms with Gasteiger partial charge in [-0.1, -0.05) is 0 Å². The molecule has 1 unspecified atom stereocenters. The molecule has 1 amide bonds. The van der Waals surface area contributed by atoms with Crippen LogP contribution in [0.1, 0.15) is 30.5 Å². The van der Waals surface area contributed by atoms with Gasteiger partial charge in [-0.15, -0.1) is 11.8 Å². The fraction of sp³-hybridized carbons (Fsp3) is 0.500. The van der Waals surface area contributed by atoms with Gasteiger partial charge in [-0.3, -0.25) is 4.90 Å². The van der Waals surface area contributed by atoms with Crippen molar-refractivity contribution in [1.82, 2.24) is 19.9 Å². The Labute approximate surface area is 179 Å². The number of thioether (sulfide) groups is 1. The molecule has 0 aliphatic carbocycles. The van der Waals surface area contributed by atoms with Gasteiger partial charge in [0.25, 0.3) is 0 Å². The number of aryl methyl sites for hydroxylation is 1. The van der Waals surface area contributed by atoms with E-state index in [-0.39, 0.29) is 0 Å². The highest BCUT2D eigenvalue weighted by Gasteiger charge is 2.29. The van der Waals surface area contributed by atoms with Crippen LogP contribution in [-0.2, 0) is 4.74 Å². The zero-order valence-electron chi connectivity index (χ0n) is 17.3. The molecule has 0 bridgehead atoms. The van der Waals surface area contributed by atoms with Crippen LogP contribution >= 0.6 is 11.8 Å². The molecule has 1 aliphatic heterocycles. The molecule has 0 saturated carbocycles. The Balaban J connectivity index is 1.73. The maximum atomic E-state index is 11.5. The molecule has 162 valence electrons. The van der Waals surface area contributed by atoms with Gasteiger partial charge in [0.15, 0.2) is 12.0 Å². The van der Waals surface area contributed by atoms with Crippen LogP contribution in [0.4, 0.5) is 4.79 Å². The standard InChI is InChI=1S/C20H26N4O5S/c1-13-18(28-15-7-8-16(23-14(15)2)30-11-10-27-3)21-12-22-19(13)29-17-6-4-5-9-24(17)20(25)26/h7-8,12,17H,4-6,9-11H2,1-3H3,(H,25,26). The van der Waals surface area contributed by atoms with Crippen LogP contribution in [0, 0.1) is 13.8 Å². The van der Waals surface area contributed by atoms with Crippen molar-refractivity contribution < 1.29 is 24.1 Å². The highest BCUT2D eigenvalue weighted by atomic mass is 32.2. The van der Waals surface area contributed by atoms with Gasteiger partial charge in [-0.2, -0.15) is 0 Å². The SMILES string of the molecule is COCCSc1ccc(Oc2ncnc(OC3CCCCN3C(=O)O)c2C)c(C)n1. The van der Waals surface area contributed by atoms with E-state index in [1.165, 1.54) is 11.2 Å². The van der Waals surface area contributed by atoms with Crippen LogP contribution in [0.15, 0.2) is 23.5 Å². The Morgan fingerprint density at radius 3 is 2.80 bits per heavy atom. The van der Waals surface area contributed by atoms with Gasteiger partial charge < -0.3 is 19.3 Å². The van der Waals surface area contributed by atoms with Gasteiger partial charge in [0.1, 0.15) is 6.33 Å². The number of likely N-dealkylation sites (tertiary alicyclic amines) is 1. The van der Waals surface area contributed by atoms with Crippen LogP contribution in [0.3, 0.4) is 0 Å². The summed E-state index contributed by atoms with van der Waals surface area (Å²) in [6.07, 6.45) is 2.15. The first-order valence-electron chi connectivity index (χ1n) is 9.74. The number of carbonyl (C=O) groups is 1. The fourth-order valence-electron chi connectivity index (χ4n) is 3.06. The number of hydrogen-bond acceptors (Lipinski definition) is 8. The van der Waals surface area contributed by atoms with E-state index in [0.29, 0.717) is 42.6 Å². The average molecular weight is 435 g/mol. The summed E-state index contributed by atoms with van der Waals surface area (Å²) < 4.78 is 17.0. The molecular weight excluding hydrogens is 408 g/mol. The smallest absolute Gasteiger partial charge is 0.410 e. The Kier molecular flexibility index (Phi) is 7.69. The van der Waals surface area contributed by atoms with E-state index in [0.717, 1.165) is 29.3 Å². The second-order valence-corrected chi connectivity index (χ2v) is 7.94. The highest BCUT2D eigenvalue weighted by Crippen LogP contribution is 2.31. The minimum absolute atomic E-state index is 0.315. The quantitative estimate of drug-likeness (QED) is 0.489. The molecule has 10 heteroatoms. The molecule has 9 nitrogen and oxygen atoms in total. The summed E-state index contributed by atoms with van der Waals surface area (Å²) in [4.78, 5) is 25.7. The van der Waals surface area contributed by atoms with Crippen molar-refractivity contribution in [3.8, 4) is 17.5 Å². The molecule has 3 heterocycles. The number of methoxy groups -OCH3 is 1.